The Hall–Kier alpha value is -2.65. The first-order valence-corrected chi connectivity index (χ1v) is 8.46. The van der Waals surface area contributed by atoms with Crippen LogP contribution in [-0.2, 0) is 11.3 Å². The molecule has 1 fully saturated rings. The molecule has 0 spiro atoms. The van der Waals surface area contributed by atoms with E-state index in [2.05, 4.69) is 10.1 Å². The van der Waals surface area contributed by atoms with E-state index in [0.717, 1.165) is 5.56 Å². The maximum Gasteiger partial charge on any atom is 0.276 e. The Labute approximate surface area is 155 Å². The molecule has 138 valence electrons. The van der Waals surface area contributed by atoms with Crippen LogP contribution < -0.4 is 0 Å². The lowest BCUT2D eigenvalue weighted by Gasteiger charge is -2.27. The van der Waals surface area contributed by atoms with Gasteiger partial charge in [-0.15, -0.1) is 0 Å². The van der Waals surface area contributed by atoms with Gasteiger partial charge >= 0.3 is 0 Å². The number of nitrogens with zero attached hydrogens (tertiary/aromatic N) is 5. The molecule has 0 aliphatic carbocycles. The predicted octanol–water partition coefficient (Wildman–Crippen LogP) is 2.73. The molecule has 3 heterocycles. The number of ether oxygens (including phenoxy) is 1. The average Bonchev–Trinajstić information content (AvgIpc) is 3.26. The molecule has 1 saturated heterocycles. The predicted molar refractivity (Wildman–Crippen MR) is 93.9 cm³/mol. The molecule has 2 aromatic rings. The normalized spacial score (nSPS) is 17.1. The van der Waals surface area contributed by atoms with Crippen LogP contribution in [0.25, 0.3) is 0 Å². The molecule has 0 amide bonds. The molecule has 2 aromatic heterocycles. The summed E-state index contributed by atoms with van der Waals surface area (Å²) in [6, 6.07) is 7.03. The zero-order valence-corrected chi connectivity index (χ0v) is 14.9. The van der Waals surface area contributed by atoms with E-state index in [9.17, 15) is 10.1 Å². The minimum absolute atomic E-state index is 0.222. The molecule has 1 atom stereocenters. The van der Waals surface area contributed by atoms with E-state index in [1.54, 1.807) is 35.6 Å². The van der Waals surface area contributed by atoms with Crippen LogP contribution in [0, 0.1) is 10.1 Å². The van der Waals surface area contributed by atoms with Crippen molar-refractivity contribution < 1.29 is 14.2 Å². The number of rotatable bonds is 7. The highest BCUT2D eigenvalue weighted by Crippen LogP contribution is 2.28. The van der Waals surface area contributed by atoms with E-state index in [-0.39, 0.29) is 5.96 Å². The zero-order chi connectivity index (χ0) is 18.5. The van der Waals surface area contributed by atoms with Gasteiger partial charge in [-0.1, -0.05) is 17.7 Å². The Morgan fingerprint density at radius 3 is 2.92 bits per heavy atom. The molecule has 0 bridgehead atoms. The maximum absolute atomic E-state index is 11.1. The van der Waals surface area contributed by atoms with Crippen molar-refractivity contribution in [3.8, 4) is 0 Å². The third kappa shape index (κ3) is 4.12. The second-order valence-electron chi connectivity index (χ2n) is 5.57. The number of hydrazone groups is 1. The smallest absolute Gasteiger partial charge is 0.276 e. The summed E-state index contributed by atoms with van der Waals surface area (Å²) in [7, 11) is 0. The summed E-state index contributed by atoms with van der Waals surface area (Å²) >= 11 is 5.81. The van der Waals surface area contributed by atoms with E-state index in [1.165, 1.54) is 0 Å². The fraction of sp³-hybridized carbons (Fsp3) is 0.375. The topological polar surface area (TPSA) is 97.2 Å². The van der Waals surface area contributed by atoms with Crippen LogP contribution in [0.1, 0.15) is 24.5 Å². The van der Waals surface area contributed by atoms with Crippen LogP contribution >= 0.6 is 11.6 Å². The van der Waals surface area contributed by atoms with Crippen LogP contribution in [0.2, 0.25) is 5.15 Å². The summed E-state index contributed by atoms with van der Waals surface area (Å²) < 4.78 is 11.2. The van der Waals surface area contributed by atoms with Crippen LogP contribution in [-0.4, -0.2) is 45.5 Å². The van der Waals surface area contributed by atoms with Crippen molar-refractivity contribution in [1.82, 2.24) is 14.8 Å². The maximum atomic E-state index is 11.1. The first kappa shape index (κ1) is 18.2. The van der Waals surface area contributed by atoms with E-state index in [0.29, 0.717) is 37.2 Å². The third-order valence-corrected chi connectivity index (χ3v) is 4.10. The summed E-state index contributed by atoms with van der Waals surface area (Å²) in [6.07, 6.45) is 2.60. The van der Waals surface area contributed by atoms with Crippen molar-refractivity contribution in [3.63, 3.8) is 0 Å². The molecular weight excluding hydrogens is 362 g/mol. The van der Waals surface area contributed by atoms with Gasteiger partial charge in [0.1, 0.15) is 10.3 Å². The highest BCUT2D eigenvalue weighted by atomic mass is 35.5. The van der Waals surface area contributed by atoms with Gasteiger partial charge in [0.15, 0.2) is 17.0 Å². The van der Waals surface area contributed by atoms with E-state index in [4.69, 9.17) is 20.8 Å². The Bertz CT molecular complexity index is 765. The zero-order valence-electron chi connectivity index (χ0n) is 14.1. The van der Waals surface area contributed by atoms with Crippen molar-refractivity contribution in [2.24, 2.45) is 5.10 Å². The number of hydrogen-bond donors (Lipinski definition) is 0. The van der Waals surface area contributed by atoms with Crippen molar-refractivity contribution in [1.29, 1.82) is 0 Å². The second kappa shape index (κ2) is 8.15. The number of halogens is 1. The number of hydrogen-bond acceptors (Lipinski definition) is 5. The minimum Gasteiger partial charge on any atom is -0.465 e. The molecule has 0 N–H and O–H groups in total. The first-order chi connectivity index (χ1) is 12.6. The molecule has 10 heteroatoms. The van der Waals surface area contributed by atoms with Crippen LogP contribution in [0.5, 0.6) is 0 Å². The monoisotopic (exact) mass is 379 g/mol. The van der Waals surface area contributed by atoms with Gasteiger partial charge in [0.25, 0.3) is 5.96 Å². The Kier molecular flexibility index (Phi) is 5.69. The Morgan fingerprint density at radius 1 is 1.46 bits per heavy atom. The fourth-order valence-corrected chi connectivity index (χ4v) is 2.92. The van der Waals surface area contributed by atoms with Crippen LogP contribution in [0.15, 0.2) is 46.2 Å². The largest absolute Gasteiger partial charge is 0.465 e. The van der Waals surface area contributed by atoms with E-state index in [1.807, 2.05) is 17.9 Å². The first-order valence-electron chi connectivity index (χ1n) is 8.08. The molecule has 9 nitrogen and oxygen atoms in total. The average molecular weight is 380 g/mol. The molecule has 0 saturated carbocycles. The molecule has 3 rings (SSSR count). The van der Waals surface area contributed by atoms with Gasteiger partial charge in [-0.2, -0.15) is 0 Å². The minimum atomic E-state index is -0.702. The number of furan rings is 1. The van der Waals surface area contributed by atoms with Crippen molar-refractivity contribution in [2.45, 2.75) is 19.7 Å². The molecule has 0 radical (unpaired) electrons. The number of nitro groups is 1. The van der Waals surface area contributed by atoms with Crippen molar-refractivity contribution in [3.05, 3.63) is 63.3 Å². The van der Waals surface area contributed by atoms with E-state index >= 15 is 0 Å². The van der Waals surface area contributed by atoms with Crippen LogP contribution in [0.3, 0.4) is 0 Å². The summed E-state index contributed by atoms with van der Waals surface area (Å²) in [6.45, 7) is 3.77. The highest BCUT2D eigenvalue weighted by molar-refractivity contribution is 6.29. The number of pyridine rings is 1. The van der Waals surface area contributed by atoms with Gasteiger partial charge < -0.3 is 19.0 Å². The lowest BCUT2D eigenvalue weighted by atomic mass is 10.3. The van der Waals surface area contributed by atoms with Crippen LogP contribution in [0.4, 0.5) is 0 Å². The molecule has 26 heavy (non-hydrogen) atoms. The summed E-state index contributed by atoms with van der Waals surface area (Å²) in [4.78, 5) is 18.7. The number of guanidine groups is 1. The van der Waals surface area contributed by atoms with Gasteiger partial charge in [0.2, 0.25) is 0 Å². The summed E-state index contributed by atoms with van der Waals surface area (Å²) in [5.41, 5.74) is 0.873. The molecule has 1 aliphatic rings. The standard InChI is InChI=1S/C16H18ClN5O4/c1-2-25-15(13-4-3-9-26-13)21-8-7-20(16(21)19-22(23)24)11-12-5-6-14(17)18-10-12/h3-6,9-10,15H,2,7-8,11H2,1H3. The summed E-state index contributed by atoms with van der Waals surface area (Å²) in [5.74, 6) is 0.790. The number of aromatic nitrogens is 1. The SMILES string of the molecule is CCOC(c1ccco1)N1CCN(Cc2ccc(Cl)nc2)C1=N[N+](=O)[O-]. The molecule has 1 aliphatic heterocycles. The Morgan fingerprint density at radius 2 is 2.31 bits per heavy atom. The lowest BCUT2D eigenvalue weighted by molar-refractivity contribution is -0.486. The van der Waals surface area contributed by atoms with Gasteiger partial charge in [0.05, 0.1) is 6.26 Å². The Balaban J connectivity index is 1.86. The highest BCUT2D eigenvalue weighted by Gasteiger charge is 2.37. The van der Waals surface area contributed by atoms with Crippen molar-refractivity contribution >= 4 is 17.6 Å². The third-order valence-electron chi connectivity index (χ3n) is 3.88. The van der Waals surface area contributed by atoms with Gasteiger partial charge in [-0.05, 0) is 30.7 Å². The fourth-order valence-electron chi connectivity index (χ4n) is 2.81. The van der Waals surface area contributed by atoms with E-state index < -0.39 is 11.3 Å². The second-order valence-corrected chi connectivity index (χ2v) is 5.95. The molecule has 0 aromatic carbocycles. The van der Waals surface area contributed by atoms with Gasteiger partial charge in [-0.25, -0.2) is 15.1 Å². The van der Waals surface area contributed by atoms with Gasteiger partial charge in [-0.3, -0.25) is 0 Å². The molecular formula is C16H18ClN5O4. The van der Waals surface area contributed by atoms with Crippen molar-refractivity contribution in [2.75, 3.05) is 19.7 Å². The van der Waals surface area contributed by atoms with Gasteiger partial charge in [0, 0.05) is 32.4 Å². The quantitative estimate of drug-likeness (QED) is 0.414. The lowest BCUT2D eigenvalue weighted by Crippen LogP contribution is -2.37. The summed E-state index contributed by atoms with van der Waals surface area (Å²) in [5, 5.41) is 14.4. The molecule has 1 unspecified atom stereocenters.